The Morgan fingerprint density at radius 3 is 2.60 bits per heavy atom. The molecule has 0 aliphatic heterocycles. The van der Waals surface area contributed by atoms with Crippen molar-refractivity contribution in [3.63, 3.8) is 0 Å². The standard InChI is InChI=1S/C16H15F2NO/c1-11-6-8-14(18)15(10-11)19-16(20)9-7-12-4-2-3-5-13(12)17/h2-6,8,10H,7,9H2,1H3,(H,19,20). The summed E-state index contributed by atoms with van der Waals surface area (Å²) in [5.74, 6) is -1.14. The number of benzene rings is 2. The third-order valence-electron chi connectivity index (χ3n) is 2.98. The zero-order valence-corrected chi connectivity index (χ0v) is 11.1. The lowest BCUT2D eigenvalue weighted by Gasteiger charge is -2.07. The van der Waals surface area contributed by atoms with Gasteiger partial charge in [0, 0.05) is 6.42 Å². The Morgan fingerprint density at radius 2 is 1.85 bits per heavy atom. The van der Waals surface area contributed by atoms with Crippen LogP contribution in [-0.2, 0) is 11.2 Å². The SMILES string of the molecule is Cc1ccc(F)c(NC(=O)CCc2ccccc2F)c1. The average molecular weight is 275 g/mol. The van der Waals surface area contributed by atoms with Gasteiger partial charge in [-0.25, -0.2) is 8.78 Å². The highest BCUT2D eigenvalue weighted by atomic mass is 19.1. The van der Waals surface area contributed by atoms with Crippen molar-refractivity contribution in [2.24, 2.45) is 0 Å². The number of halogens is 2. The third-order valence-corrected chi connectivity index (χ3v) is 2.98. The van der Waals surface area contributed by atoms with Gasteiger partial charge in [0.05, 0.1) is 5.69 Å². The number of rotatable bonds is 4. The molecule has 20 heavy (non-hydrogen) atoms. The van der Waals surface area contributed by atoms with E-state index in [2.05, 4.69) is 5.32 Å². The number of carbonyl (C=O) groups is 1. The van der Waals surface area contributed by atoms with E-state index in [0.717, 1.165) is 5.56 Å². The van der Waals surface area contributed by atoms with E-state index in [4.69, 9.17) is 0 Å². The summed E-state index contributed by atoms with van der Waals surface area (Å²) >= 11 is 0. The summed E-state index contributed by atoms with van der Waals surface area (Å²) in [6.45, 7) is 1.81. The van der Waals surface area contributed by atoms with Crippen LogP contribution < -0.4 is 5.32 Å². The lowest BCUT2D eigenvalue weighted by Crippen LogP contribution is -2.13. The van der Waals surface area contributed by atoms with Crippen molar-refractivity contribution in [3.05, 3.63) is 65.2 Å². The van der Waals surface area contributed by atoms with Gasteiger partial charge in [-0.1, -0.05) is 24.3 Å². The average Bonchev–Trinajstić information content (AvgIpc) is 2.42. The molecule has 2 aromatic rings. The van der Waals surface area contributed by atoms with Crippen LogP contribution in [0.15, 0.2) is 42.5 Å². The van der Waals surface area contributed by atoms with Gasteiger partial charge >= 0.3 is 0 Å². The number of nitrogens with one attached hydrogen (secondary N) is 1. The molecule has 0 heterocycles. The van der Waals surface area contributed by atoms with Gasteiger partial charge in [0.1, 0.15) is 11.6 Å². The second kappa shape index (κ2) is 6.28. The van der Waals surface area contributed by atoms with Crippen LogP contribution in [0.5, 0.6) is 0 Å². The largest absolute Gasteiger partial charge is 0.324 e. The van der Waals surface area contributed by atoms with E-state index in [-0.39, 0.29) is 30.3 Å². The minimum absolute atomic E-state index is 0.105. The quantitative estimate of drug-likeness (QED) is 0.902. The number of hydrogen-bond donors (Lipinski definition) is 1. The van der Waals surface area contributed by atoms with Gasteiger partial charge in [0.25, 0.3) is 0 Å². The van der Waals surface area contributed by atoms with E-state index in [1.54, 1.807) is 30.3 Å². The second-order valence-corrected chi connectivity index (χ2v) is 4.62. The number of anilines is 1. The summed E-state index contributed by atoms with van der Waals surface area (Å²) in [4.78, 5) is 11.8. The molecule has 0 unspecified atom stereocenters. The summed E-state index contributed by atoms with van der Waals surface area (Å²) in [5.41, 5.74) is 1.49. The van der Waals surface area contributed by atoms with Gasteiger partial charge < -0.3 is 5.32 Å². The fourth-order valence-electron chi connectivity index (χ4n) is 1.90. The van der Waals surface area contributed by atoms with Crippen molar-refractivity contribution in [3.8, 4) is 0 Å². The predicted octanol–water partition coefficient (Wildman–Crippen LogP) is 3.84. The van der Waals surface area contributed by atoms with E-state index >= 15 is 0 Å². The first-order valence-electron chi connectivity index (χ1n) is 6.35. The molecule has 0 atom stereocenters. The molecule has 1 N–H and O–H groups in total. The Bertz CT molecular complexity index is 626. The molecule has 0 aliphatic carbocycles. The number of aryl methyl sites for hydroxylation is 2. The molecule has 0 saturated carbocycles. The molecule has 104 valence electrons. The first-order valence-corrected chi connectivity index (χ1v) is 6.35. The van der Waals surface area contributed by atoms with Gasteiger partial charge in [0.15, 0.2) is 0 Å². The zero-order chi connectivity index (χ0) is 14.5. The van der Waals surface area contributed by atoms with Crippen LogP contribution in [0.4, 0.5) is 14.5 Å². The summed E-state index contributed by atoms with van der Waals surface area (Å²) in [6, 6.07) is 10.8. The van der Waals surface area contributed by atoms with Gasteiger partial charge in [0.2, 0.25) is 5.91 Å². The highest BCUT2D eigenvalue weighted by Crippen LogP contribution is 2.16. The fourth-order valence-corrected chi connectivity index (χ4v) is 1.90. The molecule has 2 rings (SSSR count). The summed E-state index contributed by atoms with van der Waals surface area (Å²) in [6.07, 6.45) is 0.389. The third kappa shape index (κ3) is 3.63. The lowest BCUT2D eigenvalue weighted by molar-refractivity contribution is -0.116. The number of hydrogen-bond acceptors (Lipinski definition) is 1. The Kier molecular flexibility index (Phi) is 4.45. The molecule has 0 spiro atoms. The summed E-state index contributed by atoms with van der Waals surface area (Å²) < 4.78 is 26.9. The first kappa shape index (κ1) is 14.2. The van der Waals surface area contributed by atoms with E-state index in [9.17, 15) is 13.6 Å². The maximum atomic E-state index is 13.5. The van der Waals surface area contributed by atoms with Crippen LogP contribution in [0.3, 0.4) is 0 Å². The van der Waals surface area contributed by atoms with E-state index in [1.165, 1.54) is 12.1 Å². The van der Waals surface area contributed by atoms with Crippen LogP contribution in [0.2, 0.25) is 0 Å². The number of amides is 1. The van der Waals surface area contributed by atoms with Crippen molar-refractivity contribution < 1.29 is 13.6 Å². The molecular weight excluding hydrogens is 260 g/mol. The Balaban J connectivity index is 1.96. The van der Waals surface area contributed by atoms with Crippen molar-refractivity contribution in [2.75, 3.05) is 5.32 Å². The van der Waals surface area contributed by atoms with Gasteiger partial charge in [-0.05, 0) is 42.7 Å². The van der Waals surface area contributed by atoms with Gasteiger partial charge in [-0.3, -0.25) is 4.79 Å². The summed E-state index contributed by atoms with van der Waals surface area (Å²) in [7, 11) is 0. The maximum Gasteiger partial charge on any atom is 0.224 e. The van der Waals surface area contributed by atoms with Crippen LogP contribution in [0.25, 0.3) is 0 Å². The van der Waals surface area contributed by atoms with Crippen LogP contribution in [0.1, 0.15) is 17.5 Å². The predicted molar refractivity (Wildman–Crippen MR) is 74.5 cm³/mol. The maximum absolute atomic E-state index is 13.5. The molecule has 1 amide bonds. The van der Waals surface area contributed by atoms with Crippen molar-refractivity contribution in [1.29, 1.82) is 0 Å². The molecule has 0 aromatic heterocycles. The van der Waals surface area contributed by atoms with Crippen LogP contribution >= 0.6 is 0 Å². The normalized spacial score (nSPS) is 10.3. The van der Waals surface area contributed by atoms with Crippen molar-refractivity contribution >= 4 is 11.6 Å². The Labute approximate surface area is 116 Å². The van der Waals surface area contributed by atoms with Crippen molar-refractivity contribution in [2.45, 2.75) is 19.8 Å². The van der Waals surface area contributed by atoms with E-state index in [0.29, 0.717) is 5.56 Å². The zero-order valence-electron chi connectivity index (χ0n) is 11.1. The molecule has 0 radical (unpaired) electrons. The molecule has 0 saturated heterocycles. The second-order valence-electron chi connectivity index (χ2n) is 4.62. The lowest BCUT2D eigenvalue weighted by atomic mass is 10.1. The van der Waals surface area contributed by atoms with Gasteiger partial charge in [-0.15, -0.1) is 0 Å². The Hall–Kier alpha value is -2.23. The molecule has 0 aliphatic rings. The van der Waals surface area contributed by atoms with Crippen LogP contribution in [-0.4, -0.2) is 5.91 Å². The van der Waals surface area contributed by atoms with E-state index in [1.807, 2.05) is 6.92 Å². The van der Waals surface area contributed by atoms with E-state index < -0.39 is 5.82 Å². The summed E-state index contributed by atoms with van der Waals surface area (Å²) in [5, 5.41) is 2.50. The minimum Gasteiger partial charge on any atom is -0.324 e. The highest BCUT2D eigenvalue weighted by molar-refractivity contribution is 5.91. The Morgan fingerprint density at radius 1 is 1.10 bits per heavy atom. The molecule has 0 bridgehead atoms. The molecule has 2 nitrogen and oxygen atoms in total. The van der Waals surface area contributed by atoms with Crippen LogP contribution in [0, 0.1) is 18.6 Å². The first-order chi connectivity index (χ1) is 9.56. The minimum atomic E-state index is -0.477. The van der Waals surface area contributed by atoms with Crippen molar-refractivity contribution in [1.82, 2.24) is 0 Å². The topological polar surface area (TPSA) is 29.1 Å². The van der Waals surface area contributed by atoms with Gasteiger partial charge in [-0.2, -0.15) is 0 Å². The highest BCUT2D eigenvalue weighted by Gasteiger charge is 2.09. The fraction of sp³-hybridized carbons (Fsp3) is 0.188. The number of carbonyl (C=O) groups excluding carboxylic acids is 1. The molecular formula is C16H15F2NO. The molecule has 4 heteroatoms. The molecule has 2 aromatic carbocycles. The monoisotopic (exact) mass is 275 g/mol. The molecule has 0 fully saturated rings. The smallest absolute Gasteiger partial charge is 0.224 e.